The molecule has 0 radical (unpaired) electrons. The maximum atomic E-state index is 6.20. The summed E-state index contributed by atoms with van der Waals surface area (Å²) in [6.07, 6.45) is 6.21. The molecule has 0 saturated carbocycles. The molecule has 0 bridgehead atoms. The van der Waals surface area contributed by atoms with Crippen LogP contribution in [-0.2, 0) is 6.42 Å². The fraction of sp³-hybridized carbons (Fsp3) is 0.154. The zero-order chi connectivity index (χ0) is 14.5. The van der Waals surface area contributed by atoms with Gasteiger partial charge < -0.3 is 10.6 Å². The first-order valence-corrected chi connectivity index (χ1v) is 7.12. The van der Waals surface area contributed by atoms with E-state index in [1.165, 1.54) is 5.56 Å². The molecular weight excluding hydrogens is 315 g/mol. The summed E-state index contributed by atoms with van der Waals surface area (Å²) in [5.41, 5.74) is 9.33. The van der Waals surface area contributed by atoms with E-state index < -0.39 is 0 Å². The standard InChI is InChI=1S/C13H14Cl2N4S/c14-11-3-1-2-10(8-11)4-5-18-6-7-19(9-12(18)15)17-13(16)20/h1-3,6-9H,4-5H2,(H3,16,17,20). The van der Waals surface area contributed by atoms with E-state index in [4.69, 9.17) is 41.2 Å². The van der Waals surface area contributed by atoms with Crippen LogP contribution in [0, 0.1) is 0 Å². The minimum atomic E-state index is 0.183. The number of benzene rings is 1. The van der Waals surface area contributed by atoms with E-state index in [0.29, 0.717) is 5.16 Å². The number of nitrogens with two attached hydrogens (primary N) is 1. The summed E-state index contributed by atoms with van der Waals surface area (Å²) in [4.78, 5) is 1.93. The predicted octanol–water partition coefficient (Wildman–Crippen LogP) is 2.76. The van der Waals surface area contributed by atoms with Gasteiger partial charge in [0.1, 0.15) is 5.16 Å². The van der Waals surface area contributed by atoms with Gasteiger partial charge in [-0.05, 0) is 36.3 Å². The van der Waals surface area contributed by atoms with Gasteiger partial charge in [0.15, 0.2) is 5.11 Å². The Kier molecular flexibility index (Phi) is 5.11. The lowest BCUT2D eigenvalue weighted by molar-refractivity contribution is 0.388. The second kappa shape index (κ2) is 6.83. The number of hydrogen-bond acceptors (Lipinski definition) is 3. The number of hydrogen-bond donors (Lipinski definition) is 2. The molecule has 0 atom stereocenters. The first-order valence-electron chi connectivity index (χ1n) is 5.96. The highest BCUT2D eigenvalue weighted by Gasteiger charge is 2.11. The largest absolute Gasteiger partial charge is 0.375 e. The van der Waals surface area contributed by atoms with Crippen LogP contribution in [0.2, 0.25) is 5.02 Å². The average Bonchev–Trinajstić information content (AvgIpc) is 2.37. The van der Waals surface area contributed by atoms with Gasteiger partial charge >= 0.3 is 0 Å². The van der Waals surface area contributed by atoms with E-state index in [-0.39, 0.29) is 5.11 Å². The van der Waals surface area contributed by atoms with Gasteiger partial charge in [-0.2, -0.15) is 0 Å². The average molecular weight is 329 g/mol. The monoisotopic (exact) mass is 328 g/mol. The number of nitrogens with zero attached hydrogens (tertiary/aromatic N) is 2. The van der Waals surface area contributed by atoms with Crippen LogP contribution in [0.15, 0.2) is 48.0 Å². The van der Waals surface area contributed by atoms with Crippen molar-refractivity contribution in [1.82, 2.24) is 15.3 Å². The molecule has 20 heavy (non-hydrogen) atoms. The van der Waals surface area contributed by atoms with Crippen LogP contribution in [0.25, 0.3) is 0 Å². The van der Waals surface area contributed by atoms with E-state index in [1.807, 2.05) is 35.4 Å². The van der Waals surface area contributed by atoms with Crippen molar-refractivity contribution in [1.29, 1.82) is 0 Å². The van der Waals surface area contributed by atoms with Crippen molar-refractivity contribution in [3.8, 4) is 0 Å². The van der Waals surface area contributed by atoms with Gasteiger partial charge in [0.25, 0.3) is 0 Å². The van der Waals surface area contributed by atoms with Crippen LogP contribution in [0.1, 0.15) is 5.56 Å². The molecule has 0 spiro atoms. The SMILES string of the molecule is NC(=S)NN1C=CN(CCc2cccc(Cl)c2)C(Cl)=C1. The number of nitrogens with one attached hydrogen (secondary N) is 1. The first kappa shape index (κ1) is 15.0. The molecule has 3 N–H and O–H groups in total. The van der Waals surface area contributed by atoms with Crippen LogP contribution >= 0.6 is 35.4 Å². The summed E-state index contributed by atoms with van der Waals surface area (Å²) >= 11 is 16.9. The lowest BCUT2D eigenvalue weighted by atomic mass is 10.1. The van der Waals surface area contributed by atoms with Crippen molar-refractivity contribution in [3.63, 3.8) is 0 Å². The van der Waals surface area contributed by atoms with Crippen LogP contribution in [0.5, 0.6) is 0 Å². The third kappa shape index (κ3) is 4.30. The maximum absolute atomic E-state index is 6.20. The lowest BCUT2D eigenvalue weighted by Crippen LogP contribution is -2.40. The Morgan fingerprint density at radius 3 is 2.75 bits per heavy atom. The Morgan fingerprint density at radius 2 is 2.10 bits per heavy atom. The summed E-state index contributed by atoms with van der Waals surface area (Å²) in [6.45, 7) is 0.757. The molecule has 0 aromatic heterocycles. The van der Waals surface area contributed by atoms with Crippen LogP contribution in [0.3, 0.4) is 0 Å². The van der Waals surface area contributed by atoms with E-state index in [0.717, 1.165) is 18.0 Å². The smallest absolute Gasteiger partial charge is 0.183 e. The predicted molar refractivity (Wildman–Crippen MR) is 86.7 cm³/mol. The molecule has 0 unspecified atom stereocenters. The van der Waals surface area contributed by atoms with Gasteiger partial charge in [-0.25, -0.2) is 0 Å². The van der Waals surface area contributed by atoms with Gasteiger partial charge in [-0.3, -0.25) is 10.4 Å². The molecule has 1 aromatic carbocycles. The molecule has 0 aliphatic carbocycles. The van der Waals surface area contributed by atoms with Gasteiger partial charge in [0, 0.05) is 24.0 Å². The normalized spacial score (nSPS) is 14.2. The van der Waals surface area contributed by atoms with E-state index in [9.17, 15) is 0 Å². The van der Waals surface area contributed by atoms with Gasteiger partial charge in [-0.1, -0.05) is 35.3 Å². The highest BCUT2D eigenvalue weighted by atomic mass is 35.5. The topological polar surface area (TPSA) is 44.5 Å². The van der Waals surface area contributed by atoms with Crippen molar-refractivity contribution >= 4 is 40.5 Å². The summed E-state index contributed by atoms with van der Waals surface area (Å²) in [7, 11) is 0. The van der Waals surface area contributed by atoms with Gasteiger partial charge in [0.2, 0.25) is 0 Å². The van der Waals surface area contributed by atoms with Gasteiger partial charge in [0.05, 0.1) is 6.20 Å². The fourth-order valence-corrected chi connectivity index (χ4v) is 2.34. The van der Waals surface area contributed by atoms with Gasteiger partial charge in [-0.15, -0.1) is 0 Å². The van der Waals surface area contributed by atoms with E-state index in [1.54, 1.807) is 17.4 Å². The van der Waals surface area contributed by atoms with Crippen LogP contribution < -0.4 is 11.2 Å². The Hall–Kier alpha value is -1.43. The molecule has 0 saturated heterocycles. The number of hydrazine groups is 1. The van der Waals surface area contributed by atoms with Crippen LogP contribution in [0.4, 0.5) is 0 Å². The second-order valence-electron chi connectivity index (χ2n) is 4.21. The summed E-state index contributed by atoms with van der Waals surface area (Å²) in [6, 6.07) is 7.79. The molecule has 0 amide bonds. The molecule has 1 aromatic rings. The van der Waals surface area contributed by atoms with Crippen molar-refractivity contribution in [2.45, 2.75) is 6.42 Å². The molecule has 1 aliphatic heterocycles. The molecule has 7 heteroatoms. The maximum Gasteiger partial charge on any atom is 0.183 e. The fourth-order valence-electron chi connectivity index (χ4n) is 1.78. The van der Waals surface area contributed by atoms with Crippen LogP contribution in [-0.4, -0.2) is 21.6 Å². The minimum absolute atomic E-state index is 0.183. The molecule has 4 nitrogen and oxygen atoms in total. The Balaban J connectivity index is 1.92. The van der Waals surface area contributed by atoms with Crippen molar-refractivity contribution in [2.24, 2.45) is 5.73 Å². The Labute approximate surface area is 133 Å². The van der Waals surface area contributed by atoms with E-state index in [2.05, 4.69) is 5.43 Å². The Bertz CT molecular complexity index is 559. The molecule has 1 aliphatic rings. The third-order valence-corrected chi connectivity index (χ3v) is 3.34. The number of rotatable bonds is 4. The number of halogens is 2. The lowest BCUT2D eigenvalue weighted by Gasteiger charge is -2.28. The summed E-state index contributed by atoms with van der Waals surface area (Å²) < 4.78 is 0. The highest BCUT2D eigenvalue weighted by Crippen LogP contribution is 2.18. The second-order valence-corrected chi connectivity index (χ2v) is 5.47. The summed E-state index contributed by atoms with van der Waals surface area (Å²) in [5.74, 6) is 0. The Morgan fingerprint density at radius 1 is 1.30 bits per heavy atom. The van der Waals surface area contributed by atoms with Crippen molar-refractivity contribution in [3.05, 3.63) is 58.6 Å². The third-order valence-electron chi connectivity index (χ3n) is 2.70. The van der Waals surface area contributed by atoms with Crippen molar-refractivity contribution in [2.75, 3.05) is 6.54 Å². The number of thiocarbonyl (C=S) groups is 1. The van der Waals surface area contributed by atoms with Crippen molar-refractivity contribution < 1.29 is 0 Å². The zero-order valence-corrected chi connectivity index (χ0v) is 12.9. The molecule has 106 valence electrons. The zero-order valence-electron chi connectivity index (χ0n) is 10.6. The van der Waals surface area contributed by atoms with E-state index >= 15 is 0 Å². The molecular formula is C13H14Cl2N4S. The minimum Gasteiger partial charge on any atom is -0.375 e. The summed E-state index contributed by atoms with van der Waals surface area (Å²) in [5, 5.41) is 3.12. The molecule has 1 heterocycles. The molecule has 0 fully saturated rings. The first-order chi connectivity index (χ1) is 9.54. The highest BCUT2D eigenvalue weighted by molar-refractivity contribution is 7.80. The molecule has 2 rings (SSSR count). The quantitative estimate of drug-likeness (QED) is 0.657.